The Hall–Kier alpha value is -1.26. The van der Waals surface area contributed by atoms with Crippen molar-refractivity contribution in [2.24, 2.45) is 5.92 Å². The van der Waals surface area contributed by atoms with Gasteiger partial charge in [0.15, 0.2) is 0 Å². The first kappa shape index (κ1) is 13.2. The summed E-state index contributed by atoms with van der Waals surface area (Å²) in [4.78, 5) is 15.4. The lowest BCUT2D eigenvalue weighted by molar-refractivity contribution is -0.141. The van der Waals surface area contributed by atoms with Gasteiger partial charge in [-0.25, -0.2) is 0 Å². The Morgan fingerprint density at radius 2 is 2.17 bits per heavy atom. The van der Waals surface area contributed by atoms with Gasteiger partial charge in [-0.3, -0.25) is 4.79 Å². The summed E-state index contributed by atoms with van der Waals surface area (Å²) in [6.45, 7) is 2.79. The number of carboxylic acids is 1. The molecule has 1 unspecified atom stereocenters. The van der Waals surface area contributed by atoms with Crippen molar-refractivity contribution in [1.82, 2.24) is 4.90 Å². The number of aliphatic carboxylic acids is 1. The van der Waals surface area contributed by atoms with Gasteiger partial charge in [0.25, 0.3) is 0 Å². The highest BCUT2D eigenvalue weighted by molar-refractivity contribution is 6.30. The van der Waals surface area contributed by atoms with E-state index >= 15 is 0 Å². The van der Waals surface area contributed by atoms with Crippen LogP contribution in [0.25, 0.3) is 0 Å². The van der Waals surface area contributed by atoms with E-state index in [-0.39, 0.29) is 5.92 Å². The molecule has 0 saturated carbocycles. The molecular formula is C13H17ClN2O2. The van der Waals surface area contributed by atoms with Gasteiger partial charge in [-0.05, 0) is 25.2 Å². The number of rotatable bonds is 2. The highest BCUT2D eigenvalue weighted by atomic mass is 35.5. The van der Waals surface area contributed by atoms with Crippen LogP contribution in [0, 0.1) is 5.92 Å². The normalized spacial score (nSPS) is 21.7. The third-order valence-electron chi connectivity index (χ3n) is 3.25. The zero-order valence-corrected chi connectivity index (χ0v) is 11.1. The summed E-state index contributed by atoms with van der Waals surface area (Å²) < 4.78 is 0. The molecule has 5 heteroatoms. The van der Waals surface area contributed by atoms with Gasteiger partial charge in [0.2, 0.25) is 0 Å². The Labute approximate surface area is 112 Å². The molecule has 1 fully saturated rings. The Morgan fingerprint density at radius 3 is 2.83 bits per heavy atom. The summed E-state index contributed by atoms with van der Waals surface area (Å²) in [6.07, 6.45) is 0. The molecule has 98 valence electrons. The van der Waals surface area contributed by atoms with Crippen LogP contribution in [-0.2, 0) is 4.79 Å². The number of halogens is 1. The molecule has 4 nitrogen and oxygen atoms in total. The molecule has 1 aromatic rings. The maximum atomic E-state index is 11.2. The second-order valence-electron chi connectivity index (χ2n) is 4.72. The van der Waals surface area contributed by atoms with Crippen LogP contribution in [0.1, 0.15) is 0 Å². The fourth-order valence-electron chi connectivity index (χ4n) is 2.24. The van der Waals surface area contributed by atoms with Crippen molar-refractivity contribution >= 4 is 23.3 Å². The lowest BCUT2D eigenvalue weighted by atomic mass is 10.1. The van der Waals surface area contributed by atoms with Gasteiger partial charge >= 0.3 is 5.97 Å². The number of nitrogens with zero attached hydrogens (tertiary/aromatic N) is 2. The van der Waals surface area contributed by atoms with Crippen molar-refractivity contribution in [3.05, 3.63) is 29.3 Å². The Balaban J connectivity index is 2.19. The first-order valence-electron chi connectivity index (χ1n) is 5.98. The number of likely N-dealkylation sites (N-methyl/N-ethyl adjacent to an activating group) is 1. The molecule has 1 aliphatic rings. The molecule has 1 heterocycles. The second-order valence-corrected chi connectivity index (χ2v) is 5.16. The second kappa shape index (κ2) is 5.59. The molecular weight excluding hydrogens is 252 g/mol. The average Bonchev–Trinajstić information content (AvgIpc) is 2.51. The number of carboxylic acid groups (broad SMARTS) is 1. The first-order valence-corrected chi connectivity index (χ1v) is 6.36. The Bertz CT molecular complexity index is 439. The van der Waals surface area contributed by atoms with Crippen molar-refractivity contribution in [3.8, 4) is 0 Å². The zero-order valence-electron chi connectivity index (χ0n) is 10.3. The molecule has 1 aliphatic heterocycles. The SMILES string of the molecule is CN1CCN(c2cccc(Cl)c2)CC(C(=O)O)C1. The van der Waals surface area contributed by atoms with Gasteiger partial charge in [0, 0.05) is 36.9 Å². The summed E-state index contributed by atoms with van der Waals surface area (Å²) in [6, 6.07) is 7.56. The van der Waals surface area contributed by atoms with Crippen LogP contribution in [0.4, 0.5) is 5.69 Å². The van der Waals surface area contributed by atoms with E-state index in [4.69, 9.17) is 11.6 Å². The van der Waals surface area contributed by atoms with Crippen molar-refractivity contribution in [1.29, 1.82) is 0 Å². The zero-order chi connectivity index (χ0) is 13.1. The first-order chi connectivity index (χ1) is 8.56. The maximum Gasteiger partial charge on any atom is 0.309 e. The molecule has 1 saturated heterocycles. The van der Waals surface area contributed by atoms with Crippen LogP contribution in [0.3, 0.4) is 0 Å². The maximum absolute atomic E-state index is 11.2. The Morgan fingerprint density at radius 1 is 1.39 bits per heavy atom. The quantitative estimate of drug-likeness (QED) is 0.888. The molecule has 0 spiro atoms. The van der Waals surface area contributed by atoms with Crippen LogP contribution < -0.4 is 4.90 Å². The van der Waals surface area contributed by atoms with Crippen LogP contribution in [0.2, 0.25) is 5.02 Å². The summed E-state index contributed by atoms with van der Waals surface area (Å²) in [5.74, 6) is -1.10. The lowest BCUT2D eigenvalue weighted by Gasteiger charge is -2.24. The molecule has 18 heavy (non-hydrogen) atoms. The number of hydrogen-bond acceptors (Lipinski definition) is 3. The molecule has 1 N–H and O–H groups in total. The molecule has 0 radical (unpaired) electrons. The van der Waals surface area contributed by atoms with Crippen molar-refractivity contribution in [2.45, 2.75) is 0 Å². The molecule has 1 atom stereocenters. The fourth-order valence-corrected chi connectivity index (χ4v) is 2.42. The topological polar surface area (TPSA) is 43.8 Å². The number of hydrogen-bond donors (Lipinski definition) is 1. The molecule has 0 bridgehead atoms. The lowest BCUT2D eigenvalue weighted by Crippen LogP contribution is -2.33. The van der Waals surface area contributed by atoms with E-state index < -0.39 is 5.97 Å². The summed E-state index contributed by atoms with van der Waals surface area (Å²) in [7, 11) is 1.96. The van der Waals surface area contributed by atoms with Gasteiger partial charge in [-0.15, -0.1) is 0 Å². The van der Waals surface area contributed by atoms with Crippen molar-refractivity contribution in [3.63, 3.8) is 0 Å². The van der Waals surface area contributed by atoms with E-state index in [9.17, 15) is 9.90 Å². The third-order valence-corrected chi connectivity index (χ3v) is 3.48. The average molecular weight is 269 g/mol. The van der Waals surface area contributed by atoms with Gasteiger partial charge in [0.1, 0.15) is 0 Å². The van der Waals surface area contributed by atoms with Crippen LogP contribution in [-0.4, -0.2) is 49.2 Å². The van der Waals surface area contributed by atoms with Crippen LogP contribution in [0.5, 0.6) is 0 Å². The van der Waals surface area contributed by atoms with E-state index in [2.05, 4.69) is 9.80 Å². The number of benzene rings is 1. The van der Waals surface area contributed by atoms with Gasteiger partial charge in [-0.2, -0.15) is 0 Å². The highest BCUT2D eigenvalue weighted by Gasteiger charge is 2.26. The summed E-state index contributed by atoms with van der Waals surface area (Å²) in [5.41, 5.74) is 0.990. The number of anilines is 1. The van der Waals surface area contributed by atoms with E-state index in [1.165, 1.54) is 0 Å². The third kappa shape index (κ3) is 3.15. The summed E-state index contributed by atoms with van der Waals surface area (Å²) in [5, 5.41) is 9.90. The van der Waals surface area contributed by atoms with Crippen LogP contribution in [0.15, 0.2) is 24.3 Å². The van der Waals surface area contributed by atoms with Crippen molar-refractivity contribution < 1.29 is 9.90 Å². The molecule has 0 aromatic heterocycles. The van der Waals surface area contributed by atoms with E-state index in [1.807, 2.05) is 31.3 Å². The highest BCUT2D eigenvalue weighted by Crippen LogP contribution is 2.22. The Kier molecular flexibility index (Phi) is 4.09. The molecule has 1 aromatic carbocycles. The van der Waals surface area contributed by atoms with Crippen LogP contribution >= 0.6 is 11.6 Å². The van der Waals surface area contributed by atoms with E-state index in [0.29, 0.717) is 18.1 Å². The minimum absolute atomic E-state index is 0.364. The summed E-state index contributed by atoms with van der Waals surface area (Å²) >= 11 is 5.98. The molecule has 0 aliphatic carbocycles. The van der Waals surface area contributed by atoms with E-state index in [1.54, 1.807) is 0 Å². The minimum Gasteiger partial charge on any atom is -0.481 e. The van der Waals surface area contributed by atoms with Gasteiger partial charge < -0.3 is 14.9 Å². The number of carbonyl (C=O) groups is 1. The monoisotopic (exact) mass is 268 g/mol. The minimum atomic E-state index is -0.740. The molecule has 2 rings (SSSR count). The molecule has 0 amide bonds. The van der Waals surface area contributed by atoms with Gasteiger partial charge in [-0.1, -0.05) is 17.7 Å². The standard InChI is InChI=1S/C13H17ClN2O2/c1-15-5-6-16(9-10(8-15)13(17)18)12-4-2-3-11(14)7-12/h2-4,7,10H,5-6,8-9H2,1H3,(H,17,18). The predicted octanol–water partition coefficient (Wildman–Crippen LogP) is 1.79. The fraction of sp³-hybridized carbons (Fsp3) is 0.462. The predicted molar refractivity (Wildman–Crippen MR) is 72.3 cm³/mol. The smallest absolute Gasteiger partial charge is 0.309 e. The largest absolute Gasteiger partial charge is 0.481 e. The van der Waals surface area contributed by atoms with E-state index in [0.717, 1.165) is 18.8 Å². The van der Waals surface area contributed by atoms with Gasteiger partial charge in [0.05, 0.1) is 5.92 Å². The van der Waals surface area contributed by atoms with Crippen molar-refractivity contribution in [2.75, 3.05) is 38.1 Å².